The van der Waals surface area contributed by atoms with Crippen molar-refractivity contribution in [2.45, 2.75) is 32.2 Å². The van der Waals surface area contributed by atoms with Gasteiger partial charge in [-0.25, -0.2) is 4.98 Å². The summed E-state index contributed by atoms with van der Waals surface area (Å²) in [6, 6.07) is 0.0619. The quantitative estimate of drug-likeness (QED) is 0.854. The third kappa shape index (κ3) is 2.79. The summed E-state index contributed by atoms with van der Waals surface area (Å²) in [7, 11) is 0. The second-order valence-corrected chi connectivity index (χ2v) is 4.90. The van der Waals surface area contributed by atoms with Gasteiger partial charge in [-0.2, -0.15) is 0 Å². The van der Waals surface area contributed by atoms with Gasteiger partial charge < -0.3 is 10.5 Å². The Labute approximate surface area is 94.0 Å². The molecule has 0 radical (unpaired) electrons. The van der Waals surface area contributed by atoms with E-state index in [0.717, 1.165) is 36.6 Å². The fourth-order valence-corrected chi connectivity index (χ4v) is 2.34. The number of aromatic nitrogens is 1. The van der Waals surface area contributed by atoms with Crippen LogP contribution in [0.3, 0.4) is 0 Å². The molecule has 82 valence electrons. The molecule has 0 bridgehead atoms. The number of hydrogen-bond donors (Lipinski definition) is 1. The molecule has 1 aliphatic heterocycles. The van der Waals surface area contributed by atoms with Gasteiger partial charge in [-0.05, 0) is 25.3 Å². The van der Waals surface area contributed by atoms with Crippen LogP contribution >= 0.6 is 11.3 Å². The zero-order valence-corrected chi connectivity index (χ0v) is 9.72. The Morgan fingerprint density at radius 1 is 1.67 bits per heavy atom. The van der Waals surface area contributed by atoms with Gasteiger partial charge in [-0.15, -0.1) is 11.3 Å². The van der Waals surface area contributed by atoms with Crippen LogP contribution in [0.2, 0.25) is 0 Å². The van der Waals surface area contributed by atoms with Gasteiger partial charge in [-0.3, -0.25) is 0 Å². The number of thiazole rings is 1. The Morgan fingerprint density at radius 3 is 3.13 bits per heavy atom. The van der Waals surface area contributed by atoms with Crippen LogP contribution in [0.5, 0.6) is 0 Å². The molecule has 1 aliphatic rings. The van der Waals surface area contributed by atoms with Gasteiger partial charge in [-0.1, -0.05) is 0 Å². The van der Waals surface area contributed by atoms with Crippen LogP contribution in [0.25, 0.3) is 0 Å². The average Bonchev–Trinajstić information content (AvgIpc) is 2.65. The SMILES string of the molecule is Cc1nc(CC(N)C2=COCCC2)cs1. The monoisotopic (exact) mass is 224 g/mol. The highest BCUT2D eigenvalue weighted by Gasteiger charge is 2.14. The molecule has 0 amide bonds. The van der Waals surface area contributed by atoms with E-state index in [1.54, 1.807) is 11.3 Å². The van der Waals surface area contributed by atoms with Crippen molar-refractivity contribution in [1.82, 2.24) is 4.98 Å². The smallest absolute Gasteiger partial charge is 0.0897 e. The molecule has 15 heavy (non-hydrogen) atoms. The van der Waals surface area contributed by atoms with E-state index in [-0.39, 0.29) is 6.04 Å². The third-order valence-corrected chi connectivity index (χ3v) is 3.36. The predicted octanol–water partition coefficient (Wildman–Crippen LogP) is 2.02. The number of rotatable bonds is 3. The highest BCUT2D eigenvalue weighted by molar-refractivity contribution is 7.09. The van der Waals surface area contributed by atoms with Crippen molar-refractivity contribution in [2.75, 3.05) is 6.61 Å². The minimum absolute atomic E-state index is 0.0619. The molecule has 1 aromatic rings. The highest BCUT2D eigenvalue weighted by atomic mass is 32.1. The zero-order valence-electron chi connectivity index (χ0n) is 8.90. The first-order chi connectivity index (χ1) is 7.25. The molecule has 0 aliphatic carbocycles. The Hall–Kier alpha value is -0.870. The molecule has 1 aromatic heterocycles. The normalized spacial score (nSPS) is 18.1. The summed E-state index contributed by atoms with van der Waals surface area (Å²) in [6.07, 6.45) is 4.78. The van der Waals surface area contributed by atoms with Crippen LogP contribution in [0.4, 0.5) is 0 Å². The first-order valence-electron chi connectivity index (χ1n) is 5.23. The van der Waals surface area contributed by atoms with Gasteiger partial charge in [0.1, 0.15) is 0 Å². The Balaban J connectivity index is 1.96. The van der Waals surface area contributed by atoms with Crippen molar-refractivity contribution in [3.05, 3.63) is 27.9 Å². The van der Waals surface area contributed by atoms with E-state index in [1.165, 1.54) is 5.57 Å². The topological polar surface area (TPSA) is 48.1 Å². The second kappa shape index (κ2) is 4.77. The molecule has 1 atom stereocenters. The van der Waals surface area contributed by atoms with Crippen LogP contribution in [0.15, 0.2) is 17.2 Å². The summed E-state index contributed by atoms with van der Waals surface area (Å²) >= 11 is 1.68. The summed E-state index contributed by atoms with van der Waals surface area (Å²) in [5.41, 5.74) is 8.41. The molecule has 0 aromatic carbocycles. The number of nitrogens with zero attached hydrogens (tertiary/aromatic N) is 1. The number of ether oxygens (including phenoxy) is 1. The van der Waals surface area contributed by atoms with Gasteiger partial charge in [0.15, 0.2) is 0 Å². The van der Waals surface area contributed by atoms with E-state index in [4.69, 9.17) is 10.5 Å². The summed E-state index contributed by atoms with van der Waals surface area (Å²) in [6.45, 7) is 2.84. The average molecular weight is 224 g/mol. The number of hydrogen-bond acceptors (Lipinski definition) is 4. The van der Waals surface area contributed by atoms with Crippen molar-refractivity contribution in [3.63, 3.8) is 0 Å². The van der Waals surface area contributed by atoms with Crippen LogP contribution < -0.4 is 5.73 Å². The maximum absolute atomic E-state index is 6.11. The third-order valence-electron chi connectivity index (χ3n) is 2.53. The standard InChI is InChI=1S/C11H16N2OS/c1-8-13-10(7-15-8)5-11(12)9-3-2-4-14-6-9/h6-7,11H,2-5,12H2,1H3. The molecular formula is C11H16N2OS. The highest BCUT2D eigenvalue weighted by Crippen LogP contribution is 2.18. The minimum atomic E-state index is 0.0619. The van der Waals surface area contributed by atoms with Crippen molar-refractivity contribution >= 4 is 11.3 Å². The van der Waals surface area contributed by atoms with E-state index >= 15 is 0 Å². The van der Waals surface area contributed by atoms with Crippen LogP contribution in [0, 0.1) is 6.92 Å². The lowest BCUT2D eigenvalue weighted by molar-refractivity contribution is 0.221. The molecule has 0 saturated heterocycles. The fourth-order valence-electron chi connectivity index (χ4n) is 1.72. The molecular weight excluding hydrogens is 208 g/mol. The molecule has 3 nitrogen and oxygen atoms in total. The van der Waals surface area contributed by atoms with Crippen molar-refractivity contribution in [3.8, 4) is 0 Å². The Bertz CT molecular complexity index is 359. The maximum atomic E-state index is 6.11. The lowest BCUT2D eigenvalue weighted by Crippen LogP contribution is -2.27. The Morgan fingerprint density at radius 2 is 2.53 bits per heavy atom. The van der Waals surface area contributed by atoms with E-state index in [9.17, 15) is 0 Å². The lowest BCUT2D eigenvalue weighted by Gasteiger charge is -2.18. The zero-order chi connectivity index (χ0) is 10.7. The summed E-state index contributed by atoms with van der Waals surface area (Å²) in [5, 5.41) is 3.19. The largest absolute Gasteiger partial charge is 0.501 e. The summed E-state index contributed by atoms with van der Waals surface area (Å²) < 4.78 is 5.29. The lowest BCUT2D eigenvalue weighted by atomic mass is 9.99. The molecule has 4 heteroatoms. The van der Waals surface area contributed by atoms with E-state index in [1.807, 2.05) is 13.2 Å². The molecule has 2 N–H and O–H groups in total. The van der Waals surface area contributed by atoms with Crippen LogP contribution in [-0.2, 0) is 11.2 Å². The Kier molecular flexibility index (Phi) is 3.38. The van der Waals surface area contributed by atoms with Crippen LogP contribution in [-0.4, -0.2) is 17.6 Å². The van der Waals surface area contributed by atoms with E-state index in [0.29, 0.717) is 0 Å². The molecule has 2 heterocycles. The minimum Gasteiger partial charge on any atom is -0.501 e. The number of aryl methyl sites for hydroxylation is 1. The van der Waals surface area contributed by atoms with Crippen molar-refractivity contribution < 1.29 is 4.74 Å². The predicted molar refractivity (Wildman–Crippen MR) is 61.8 cm³/mol. The van der Waals surface area contributed by atoms with E-state index < -0.39 is 0 Å². The fraction of sp³-hybridized carbons (Fsp3) is 0.545. The van der Waals surface area contributed by atoms with Crippen molar-refractivity contribution in [2.24, 2.45) is 5.73 Å². The molecule has 0 saturated carbocycles. The molecule has 0 spiro atoms. The van der Waals surface area contributed by atoms with Crippen molar-refractivity contribution in [1.29, 1.82) is 0 Å². The summed E-state index contributed by atoms with van der Waals surface area (Å²) in [4.78, 5) is 4.42. The molecule has 1 unspecified atom stereocenters. The second-order valence-electron chi connectivity index (χ2n) is 3.84. The number of nitrogens with two attached hydrogens (primary N) is 1. The molecule has 2 rings (SSSR count). The molecule has 0 fully saturated rings. The van der Waals surface area contributed by atoms with Crippen LogP contribution in [0.1, 0.15) is 23.5 Å². The van der Waals surface area contributed by atoms with E-state index in [2.05, 4.69) is 10.4 Å². The van der Waals surface area contributed by atoms with Gasteiger partial charge in [0.2, 0.25) is 0 Å². The first-order valence-corrected chi connectivity index (χ1v) is 6.11. The van der Waals surface area contributed by atoms with Gasteiger partial charge in [0.25, 0.3) is 0 Å². The summed E-state index contributed by atoms with van der Waals surface area (Å²) in [5.74, 6) is 0. The van der Waals surface area contributed by atoms with Gasteiger partial charge in [0, 0.05) is 17.8 Å². The van der Waals surface area contributed by atoms with Gasteiger partial charge in [0.05, 0.1) is 23.6 Å². The van der Waals surface area contributed by atoms with Gasteiger partial charge >= 0.3 is 0 Å². The maximum Gasteiger partial charge on any atom is 0.0897 e. The first kappa shape index (κ1) is 10.6.